The van der Waals surface area contributed by atoms with Crippen molar-refractivity contribution in [2.45, 2.75) is 66.4 Å². The van der Waals surface area contributed by atoms with Crippen LogP contribution in [0, 0.1) is 17.3 Å². The maximum absolute atomic E-state index is 12.2. The van der Waals surface area contributed by atoms with Gasteiger partial charge >= 0.3 is 11.9 Å². The van der Waals surface area contributed by atoms with Gasteiger partial charge < -0.3 is 9.47 Å². The topological polar surface area (TPSA) is 52.6 Å². The SMILES string of the molecule is CC(C)COC(=O)C(C)(C)C(=O)OC1CCC(C)CC1. The smallest absolute Gasteiger partial charge is 0.323 e. The van der Waals surface area contributed by atoms with E-state index in [1.807, 2.05) is 13.8 Å². The number of rotatable bonds is 5. The first-order chi connectivity index (χ1) is 9.23. The minimum atomic E-state index is -1.22. The molecule has 1 aliphatic carbocycles. The summed E-state index contributed by atoms with van der Waals surface area (Å²) in [5.74, 6) is -0.00856. The lowest BCUT2D eigenvalue weighted by atomic mass is 9.88. The Labute approximate surface area is 122 Å². The van der Waals surface area contributed by atoms with Crippen molar-refractivity contribution in [1.29, 1.82) is 0 Å². The summed E-state index contributed by atoms with van der Waals surface area (Å²) in [6.45, 7) is 9.61. The molecule has 0 unspecified atom stereocenters. The van der Waals surface area contributed by atoms with Crippen molar-refractivity contribution in [2.75, 3.05) is 6.61 Å². The van der Waals surface area contributed by atoms with E-state index in [-0.39, 0.29) is 12.0 Å². The normalized spacial score (nSPS) is 23.5. The van der Waals surface area contributed by atoms with Crippen molar-refractivity contribution in [1.82, 2.24) is 0 Å². The molecule has 0 radical (unpaired) electrons. The Kier molecular flexibility index (Phi) is 6.03. The standard InChI is InChI=1S/C16H28O4/c1-11(2)10-19-14(17)16(4,5)15(18)20-13-8-6-12(3)7-9-13/h11-13H,6-10H2,1-5H3. The zero-order chi connectivity index (χ0) is 15.3. The molecule has 0 spiro atoms. The highest BCUT2D eigenvalue weighted by Gasteiger charge is 2.41. The van der Waals surface area contributed by atoms with Crippen LogP contribution in [-0.2, 0) is 19.1 Å². The number of esters is 2. The third-order valence-electron chi connectivity index (χ3n) is 3.80. The Morgan fingerprint density at radius 2 is 1.65 bits per heavy atom. The van der Waals surface area contributed by atoms with Gasteiger partial charge in [0.05, 0.1) is 6.61 Å². The summed E-state index contributed by atoms with van der Waals surface area (Å²) in [7, 11) is 0. The first-order valence-corrected chi connectivity index (χ1v) is 7.61. The first kappa shape index (κ1) is 17.0. The van der Waals surface area contributed by atoms with Crippen LogP contribution in [0.3, 0.4) is 0 Å². The largest absolute Gasteiger partial charge is 0.465 e. The molecule has 0 saturated heterocycles. The Morgan fingerprint density at radius 3 is 2.15 bits per heavy atom. The second kappa shape index (κ2) is 7.09. The van der Waals surface area contributed by atoms with Crippen LogP contribution in [0.25, 0.3) is 0 Å². The Morgan fingerprint density at radius 1 is 1.10 bits per heavy atom. The van der Waals surface area contributed by atoms with E-state index in [1.54, 1.807) is 13.8 Å². The molecule has 1 fully saturated rings. The van der Waals surface area contributed by atoms with E-state index in [2.05, 4.69) is 6.92 Å². The van der Waals surface area contributed by atoms with Crippen LogP contribution in [0.2, 0.25) is 0 Å². The third-order valence-corrected chi connectivity index (χ3v) is 3.80. The van der Waals surface area contributed by atoms with Gasteiger partial charge in [0.2, 0.25) is 0 Å². The van der Waals surface area contributed by atoms with E-state index < -0.39 is 17.4 Å². The molecule has 116 valence electrons. The average molecular weight is 284 g/mol. The predicted octanol–water partition coefficient (Wildman–Crippen LogP) is 3.33. The van der Waals surface area contributed by atoms with E-state index in [9.17, 15) is 9.59 Å². The fraction of sp³-hybridized carbons (Fsp3) is 0.875. The molecule has 0 amide bonds. The van der Waals surface area contributed by atoms with Crippen LogP contribution >= 0.6 is 0 Å². The number of ether oxygens (including phenoxy) is 2. The monoisotopic (exact) mass is 284 g/mol. The lowest BCUT2D eigenvalue weighted by molar-refractivity contribution is -0.174. The Hall–Kier alpha value is -1.06. The zero-order valence-corrected chi connectivity index (χ0v) is 13.4. The van der Waals surface area contributed by atoms with E-state index >= 15 is 0 Å². The van der Waals surface area contributed by atoms with Gasteiger partial charge in [-0.3, -0.25) is 9.59 Å². The summed E-state index contributed by atoms with van der Waals surface area (Å²) in [5, 5.41) is 0. The number of carbonyl (C=O) groups is 2. The summed E-state index contributed by atoms with van der Waals surface area (Å²) < 4.78 is 10.6. The van der Waals surface area contributed by atoms with E-state index in [4.69, 9.17) is 9.47 Å². The zero-order valence-electron chi connectivity index (χ0n) is 13.4. The first-order valence-electron chi connectivity index (χ1n) is 7.61. The van der Waals surface area contributed by atoms with E-state index in [0.29, 0.717) is 12.5 Å². The van der Waals surface area contributed by atoms with Gasteiger partial charge in [0.25, 0.3) is 0 Å². The summed E-state index contributed by atoms with van der Waals surface area (Å²) in [6.07, 6.45) is 3.90. The second-order valence-corrected chi connectivity index (χ2v) is 6.90. The van der Waals surface area contributed by atoms with Gasteiger partial charge in [0.15, 0.2) is 5.41 Å². The van der Waals surface area contributed by atoms with Crippen molar-refractivity contribution in [3.05, 3.63) is 0 Å². The van der Waals surface area contributed by atoms with Gasteiger partial charge in [0, 0.05) is 0 Å². The Bertz CT molecular complexity index is 338. The van der Waals surface area contributed by atoms with Gasteiger partial charge in [-0.2, -0.15) is 0 Å². The molecule has 1 rings (SSSR count). The molecule has 4 heteroatoms. The Balaban J connectivity index is 2.49. The van der Waals surface area contributed by atoms with Crippen LogP contribution in [0.1, 0.15) is 60.3 Å². The highest BCUT2D eigenvalue weighted by atomic mass is 16.6. The highest BCUT2D eigenvalue weighted by molar-refractivity contribution is 5.99. The lowest BCUT2D eigenvalue weighted by Crippen LogP contribution is -2.39. The molecule has 0 aromatic rings. The molecular weight excluding hydrogens is 256 g/mol. The van der Waals surface area contributed by atoms with E-state index in [0.717, 1.165) is 25.7 Å². The molecule has 1 aliphatic rings. The second-order valence-electron chi connectivity index (χ2n) is 6.90. The maximum Gasteiger partial charge on any atom is 0.323 e. The molecule has 1 saturated carbocycles. The molecule has 0 aliphatic heterocycles. The van der Waals surface area contributed by atoms with Crippen LogP contribution in [-0.4, -0.2) is 24.6 Å². The fourth-order valence-electron chi connectivity index (χ4n) is 2.15. The van der Waals surface area contributed by atoms with Crippen LogP contribution in [0.5, 0.6) is 0 Å². The fourth-order valence-corrected chi connectivity index (χ4v) is 2.15. The average Bonchev–Trinajstić information content (AvgIpc) is 2.38. The number of hydrogen-bond donors (Lipinski definition) is 0. The van der Waals surface area contributed by atoms with Gasteiger partial charge in [0.1, 0.15) is 6.10 Å². The summed E-state index contributed by atoms with van der Waals surface area (Å²) >= 11 is 0. The molecule has 20 heavy (non-hydrogen) atoms. The van der Waals surface area contributed by atoms with Crippen LogP contribution in [0.15, 0.2) is 0 Å². The van der Waals surface area contributed by atoms with Crippen molar-refractivity contribution in [3.63, 3.8) is 0 Å². The molecular formula is C16H28O4. The van der Waals surface area contributed by atoms with Gasteiger partial charge in [-0.25, -0.2) is 0 Å². The minimum Gasteiger partial charge on any atom is -0.465 e. The van der Waals surface area contributed by atoms with Crippen LogP contribution in [0.4, 0.5) is 0 Å². The van der Waals surface area contributed by atoms with Crippen molar-refractivity contribution < 1.29 is 19.1 Å². The molecule has 0 aromatic heterocycles. The van der Waals surface area contributed by atoms with Gasteiger partial charge in [-0.1, -0.05) is 20.8 Å². The molecule has 0 heterocycles. The van der Waals surface area contributed by atoms with Crippen molar-refractivity contribution in [2.24, 2.45) is 17.3 Å². The highest BCUT2D eigenvalue weighted by Crippen LogP contribution is 2.28. The molecule has 0 aromatic carbocycles. The summed E-state index contributed by atoms with van der Waals surface area (Å²) in [6, 6.07) is 0. The lowest BCUT2D eigenvalue weighted by Gasteiger charge is -2.29. The van der Waals surface area contributed by atoms with Gasteiger partial charge in [-0.15, -0.1) is 0 Å². The summed E-state index contributed by atoms with van der Waals surface area (Å²) in [5.41, 5.74) is -1.22. The third kappa shape index (κ3) is 4.80. The quantitative estimate of drug-likeness (QED) is 0.574. The maximum atomic E-state index is 12.2. The minimum absolute atomic E-state index is 0.0455. The number of carbonyl (C=O) groups excluding carboxylic acids is 2. The van der Waals surface area contributed by atoms with Crippen LogP contribution < -0.4 is 0 Å². The summed E-state index contributed by atoms with van der Waals surface area (Å²) in [4.78, 5) is 24.2. The molecule has 4 nitrogen and oxygen atoms in total. The van der Waals surface area contributed by atoms with E-state index in [1.165, 1.54) is 0 Å². The molecule has 0 N–H and O–H groups in total. The molecule has 0 atom stereocenters. The van der Waals surface area contributed by atoms with Crippen molar-refractivity contribution >= 4 is 11.9 Å². The number of hydrogen-bond acceptors (Lipinski definition) is 4. The van der Waals surface area contributed by atoms with Crippen molar-refractivity contribution in [3.8, 4) is 0 Å². The van der Waals surface area contributed by atoms with Gasteiger partial charge in [-0.05, 0) is 51.4 Å². The predicted molar refractivity (Wildman–Crippen MR) is 77.1 cm³/mol. The molecule has 0 bridgehead atoms.